The fourth-order valence-electron chi connectivity index (χ4n) is 1.78. The number of nitrogens with two attached hydrogens (primary N) is 1. The first-order valence-electron chi connectivity index (χ1n) is 6.18. The van der Waals surface area contributed by atoms with Crippen LogP contribution in [0.25, 0.3) is 5.57 Å². The summed E-state index contributed by atoms with van der Waals surface area (Å²) in [6, 6.07) is 8.30. The molecular weight excluding hydrogens is 268 g/mol. The highest BCUT2D eigenvalue weighted by atomic mass is 32.1. The molecule has 0 aliphatic heterocycles. The lowest BCUT2D eigenvalue weighted by Crippen LogP contribution is -1.97. The number of anilines is 2. The van der Waals surface area contributed by atoms with E-state index in [-0.39, 0.29) is 0 Å². The molecule has 4 nitrogen and oxygen atoms in total. The molecule has 1 aromatic heterocycles. The summed E-state index contributed by atoms with van der Waals surface area (Å²) < 4.78 is 0. The number of nitriles is 1. The molecule has 2 rings (SSSR count). The van der Waals surface area contributed by atoms with E-state index in [0.29, 0.717) is 17.0 Å². The predicted molar refractivity (Wildman–Crippen MR) is 83.7 cm³/mol. The molecule has 0 saturated heterocycles. The van der Waals surface area contributed by atoms with Crippen molar-refractivity contribution in [1.29, 1.82) is 5.26 Å². The number of aromatic nitrogens is 1. The zero-order chi connectivity index (χ0) is 14.7. The Kier molecular flexibility index (Phi) is 4.06. The summed E-state index contributed by atoms with van der Waals surface area (Å²) >= 11 is 1.46. The summed E-state index contributed by atoms with van der Waals surface area (Å²) in [4.78, 5) is 4.42. The topological polar surface area (TPSA) is 74.7 Å². The number of thiazole rings is 1. The standard InChI is InChI=1S/C15H16N4S/c1-9-4-5-10(2)13(6-9)18-15-19-14(8-20-15)12(7-16)11(3)17/h4-6,8H,17H2,1-3H3,(H,18,19). The number of nitrogens with zero attached hydrogens (tertiary/aromatic N) is 2. The summed E-state index contributed by atoms with van der Waals surface area (Å²) in [6.07, 6.45) is 0. The smallest absolute Gasteiger partial charge is 0.187 e. The van der Waals surface area contributed by atoms with Gasteiger partial charge in [0.15, 0.2) is 5.13 Å². The number of hydrogen-bond donors (Lipinski definition) is 2. The summed E-state index contributed by atoms with van der Waals surface area (Å²) in [5.74, 6) is 0. The van der Waals surface area contributed by atoms with Crippen molar-refractivity contribution in [3.8, 4) is 6.07 Å². The second-order valence-corrected chi connectivity index (χ2v) is 5.51. The van der Waals surface area contributed by atoms with Crippen LogP contribution in [0.2, 0.25) is 0 Å². The van der Waals surface area contributed by atoms with E-state index in [1.54, 1.807) is 6.92 Å². The van der Waals surface area contributed by atoms with Crippen LogP contribution in [-0.2, 0) is 0 Å². The molecule has 0 spiro atoms. The molecule has 0 atom stereocenters. The Morgan fingerprint density at radius 3 is 2.80 bits per heavy atom. The molecule has 0 amide bonds. The SMILES string of the molecule is CC(N)=C(C#N)c1csc(Nc2cc(C)ccc2C)n1. The van der Waals surface area contributed by atoms with Gasteiger partial charge in [0, 0.05) is 16.8 Å². The van der Waals surface area contributed by atoms with Crippen LogP contribution in [0.4, 0.5) is 10.8 Å². The summed E-state index contributed by atoms with van der Waals surface area (Å²) in [6.45, 7) is 5.79. The summed E-state index contributed by atoms with van der Waals surface area (Å²) in [5, 5.41) is 15.0. The maximum atomic E-state index is 9.09. The first kappa shape index (κ1) is 14.1. The van der Waals surface area contributed by atoms with Gasteiger partial charge in [-0.1, -0.05) is 12.1 Å². The normalized spacial score (nSPS) is 11.7. The zero-order valence-corrected chi connectivity index (χ0v) is 12.5. The molecular formula is C15H16N4S. The van der Waals surface area contributed by atoms with Crippen molar-refractivity contribution in [3.05, 3.63) is 46.1 Å². The minimum Gasteiger partial charge on any atom is -0.401 e. The van der Waals surface area contributed by atoms with Gasteiger partial charge in [0.05, 0.1) is 11.3 Å². The fraction of sp³-hybridized carbons (Fsp3) is 0.200. The zero-order valence-electron chi connectivity index (χ0n) is 11.7. The number of aryl methyl sites for hydroxylation is 2. The van der Waals surface area contributed by atoms with Crippen LogP contribution >= 0.6 is 11.3 Å². The van der Waals surface area contributed by atoms with Gasteiger partial charge in [-0.15, -0.1) is 11.3 Å². The van der Waals surface area contributed by atoms with E-state index in [1.807, 2.05) is 19.2 Å². The maximum absolute atomic E-state index is 9.09. The Labute approximate surface area is 122 Å². The minimum atomic E-state index is 0.426. The lowest BCUT2D eigenvalue weighted by molar-refractivity contribution is 1.27. The van der Waals surface area contributed by atoms with Gasteiger partial charge in [-0.3, -0.25) is 0 Å². The molecule has 0 unspecified atom stereocenters. The van der Waals surface area contributed by atoms with Gasteiger partial charge >= 0.3 is 0 Å². The van der Waals surface area contributed by atoms with Gasteiger partial charge in [-0.25, -0.2) is 4.98 Å². The van der Waals surface area contributed by atoms with Crippen LogP contribution < -0.4 is 11.1 Å². The quantitative estimate of drug-likeness (QED) is 0.842. The number of hydrogen-bond acceptors (Lipinski definition) is 5. The molecule has 1 heterocycles. The number of allylic oxidation sites excluding steroid dienone is 2. The van der Waals surface area contributed by atoms with E-state index < -0.39 is 0 Å². The summed E-state index contributed by atoms with van der Waals surface area (Å²) in [7, 11) is 0. The Hall–Kier alpha value is -2.32. The van der Waals surface area contributed by atoms with Crippen LogP contribution in [0.3, 0.4) is 0 Å². The van der Waals surface area contributed by atoms with Crippen LogP contribution in [0, 0.1) is 25.2 Å². The van der Waals surface area contributed by atoms with Crippen molar-refractivity contribution < 1.29 is 0 Å². The highest BCUT2D eigenvalue weighted by Gasteiger charge is 2.09. The van der Waals surface area contributed by atoms with E-state index in [0.717, 1.165) is 16.4 Å². The molecule has 1 aromatic carbocycles. The van der Waals surface area contributed by atoms with Crippen molar-refractivity contribution in [2.24, 2.45) is 5.73 Å². The number of nitrogens with one attached hydrogen (secondary N) is 1. The fourth-order valence-corrected chi connectivity index (χ4v) is 2.49. The third-order valence-corrected chi connectivity index (χ3v) is 3.66. The average Bonchev–Trinajstić information content (AvgIpc) is 2.82. The van der Waals surface area contributed by atoms with Crippen LogP contribution in [0.5, 0.6) is 0 Å². The predicted octanol–water partition coefficient (Wildman–Crippen LogP) is 3.72. The van der Waals surface area contributed by atoms with Gasteiger partial charge in [0.25, 0.3) is 0 Å². The molecule has 3 N–H and O–H groups in total. The van der Waals surface area contributed by atoms with E-state index in [2.05, 4.69) is 34.6 Å². The van der Waals surface area contributed by atoms with Crippen molar-refractivity contribution in [3.63, 3.8) is 0 Å². The second-order valence-electron chi connectivity index (χ2n) is 4.65. The van der Waals surface area contributed by atoms with Gasteiger partial charge in [0.2, 0.25) is 0 Å². The third-order valence-electron chi connectivity index (χ3n) is 2.90. The van der Waals surface area contributed by atoms with Gasteiger partial charge < -0.3 is 11.1 Å². The maximum Gasteiger partial charge on any atom is 0.187 e. The Morgan fingerprint density at radius 1 is 1.40 bits per heavy atom. The molecule has 0 aliphatic carbocycles. The number of benzene rings is 1. The minimum absolute atomic E-state index is 0.426. The van der Waals surface area contributed by atoms with Gasteiger partial charge in [-0.2, -0.15) is 5.26 Å². The van der Waals surface area contributed by atoms with E-state index >= 15 is 0 Å². The highest BCUT2D eigenvalue weighted by molar-refractivity contribution is 7.13. The lowest BCUT2D eigenvalue weighted by atomic mass is 10.1. The van der Waals surface area contributed by atoms with Crippen LogP contribution in [0.1, 0.15) is 23.7 Å². The molecule has 0 saturated carbocycles. The average molecular weight is 284 g/mol. The second kappa shape index (κ2) is 5.76. The molecule has 0 radical (unpaired) electrons. The Morgan fingerprint density at radius 2 is 2.15 bits per heavy atom. The molecule has 5 heteroatoms. The van der Waals surface area contributed by atoms with Crippen molar-refractivity contribution in [2.45, 2.75) is 20.8 Å². The summed E-state index contributed by atoms with van der Waals surface area (Å²) in [5.41, 5.74) is 10.6. The monoisotopic (exact) mass is 284 g/mol. The largest absolute Gasteiger partial charge is 0.401 e. The Balaban J connectivity index is 2.29. The highest BCUT2D eigenvalue weighted by Crippen LogP contribution is 2.27. The van der Waals surface area contributed by atoms with Crippen LogP contribution in [-0.4, -0.2) is 4.98 Å². The third kappa shape index (κ3) is 2.98. The molecule has 0 fully saturated rings. The first-order valence-corrected chi connectivity index (χ1v) is 7.06. The molecule has 2 aromatic rings. The molecule has 0 aliphatic rings. The first-order chi connectivity index (χ1) is 9.51. The van der Waals surface area contributed by atoms with Crippen molar-refractivity contribution >= 4 is 27.7 Å². The molecule has 102 valence electrons. The molecule has 20 heavy (non-hydrogen) atoms. The van der Waals surface area contributed by atoms with Crippen molar-refractivity contribution in [1.82, 2.24) is 4.98 Å². The van der Waals surface area contributed by atoms with E-state index in [1.165, 1.54) is 16.9 Å². The van der Waals surface area contributed by atoms with Gasteiger partial charge in [-0.05, 0) is 38.0 Å². The van der Waals surface area contributed by atoms with E-state index in [4.69, 9.17) is 11.0 Å². The van der Waals surface area contributed by atoms with E-state index in [9.17, 15) is 0 Å². The van der Waals surface area contributed by atoms with Crippen LogP contribution in [0.15, 0.2) is 29.3 Å². The Bertz CT molecular complexity index is 703. The lowest BCUT2D eigenvalue weighted by Gasteiger charge is -2.07. The van der Waals surface area contributed by atoms with Crippen molar-refractivity contribution in [2.75, 3.05) is 5.32 Å². The van der Waals surface area contributed by atoms with Gasteiger partial charge in [0.1, 0.15) is 6.07 Å². The molecule has 0 bridgehead atoms. The number of rotatable bonds is 3.